The van der Waals surface area contributed by atoms with Crippen LogP contribution >= 0.6 is 11.5 Å². The highest BCUT2D eigenvalue weighted by molar-refractivity contribution is 7.13. The zero-order valence-electron chi connectivity index (χ0n) is 7.74. The summed E-state index contributed by atoms with van der Waals surface area (Å²) < 4.78 is 5.61. The summed E-state index contributed by atoms with van der Waals surface area (Å²) in [5.74, 6) is 1.01. The van der Waals surface area contributed by atoms with Crippen LogP contribution in [0.2, 0.25) is 0 Å². The molecule has 2 aromatic rings. The van der Waals surface area contributed by atoms with E-state index in [0.29, 0.717) is 6.04 Å². The van der Waals surface area contributed by atoms with E-state index in [4.69, 9.17) is 0 Å². The molecule has 0 fully saturated rings. The minimum Gasteiger partial charge on any atom is -0.367 e. The Hall–Kier alpha value is -1.09. The molecule has 0 saturated heterocycles. The van der Waals surface area contributed by atoms with Crippen LogP contribution in [0.3, 0.4) is 0 Å². The first-order valence-corrected chi connectivity index (χ1v) is 5.15. The molecule has 2 nitrogen and oxygen atoms in total. The summed E-state index contributed by atoms with van der Waals surface area (Å²) in [6.45, 7) is 4.24. The van der Waals surface area contributed by atoms with Crippen molar-refractivity contribution < 1.29 is 0 Å². The van der Waals surface area contributed by atoms with Gasteiger partial charge in [0.05, 0.1) is 4.70 Å². The quantitative estimate of drug-likeness (QED) is 0.790. The Morgan fingerprint density at radius 3 is 2.85 bits per heavy atom. The summed E-state index contributed by atoms with van der Waals surface area (Å²) in [6, 6.07) is 8.72. The molecule has 1 aromatic heterocycles. The highest BCUT2D eigenvalue weighted by Crippen LogP contribution is 2.26. The zero-order valence-corrected chi connectivity index (χ0v) is 8.56. The maximum Gasteiger partial charge on any atom is 0.147 e. The van der Waals surface area contributed by atoms with Gasteiger partial charge in [0.2, 0.25) is 0 Å². The van der Waals surface area contributed by atoms with Crippen LogP contribution in [0.5, 0.6) is 0 Å². The fourth-order valence-electron chi connectivity index (χ4n) is 1.26. The van der Waals surface area contributed by atoms with Crippen LogP contribution in [-0.4, -0.2) is 10.4 Å². The molecule has 1 N–H and O–H groups in total. The minimum atomic E-state index is 0.436. The van der Waals surface area contributed by atoms with E-state index in [2.05, 4.69) is 35.7 Å². The van der Waals surface area contributed by atoms with Crippen molar-refractivity contribution in [3.8, 4) is 0 Å². The summed E-state index contributed by atoms with van der Waals surface area (Å²) in [7, 11) is 0. The molecule has 0 radical (unpaired) electrons. The lowest BCUT2D eigenvalue weighted by atomic mass is 10.2. The highest BCUT2D eigenvalue weighted by Gasteiger charge is 2.04. The fourth-order valence-corrected chi connectivity index (χ4v) is 2.01. The third-order valence-electron chi connectivity index (χ3n) is 1.80. The lowest BCUT2D eigenvalue weighted by Gasteiger charge is -2.05. The van der Waals surface area contributed by atoms with Crippen molar-refractivity contribution in [1.29, 1.82) is 0 Å². The molecule has 0 spiro atoms. The van der Waals surface area contributed by atoms with Crippen LogP contribution in [0.4, 0.5) is 5.82 Å². The van der Waals surface area contributed by atoms with Gasteiger partial charge in [0.25, 0.3) is 0 Å². The average molecular weight is 192 g/mol. The van der Waals surface area contributed by atoms with Crippen molar-refractivity contribution in [2.45, 2.75) is 19.9 Å². The Bertz CT molecular complexity index is 406. The molecular formula is C10H12N2S. The fraction of sp³-hybridized carbons (Fsp3) is 0.300. The molecule has 0 unspecified atom stereocenters. The van der Waals surface area contributed by atoms with E-state index in [1.54, 1.807) is 11.5 Å². The van der Waals surface area contributed by atoms with E-state index in [9.17, 15) is 0 Å². The van der Waals surface area contributed by atoms with E-state index in [1.165, 1.54) is 10.1 Å². The molecule has 0 aliphatic heterocycles. The first-order chi connectivity index (χ1) is 6.27. The molecule has 68 valence electrons. The lowest BCUT2D eigenvalue weighted by Crippen LogP contribution is -2.09. The van der Waals surface area contributed by atoms with Gasteiger partial charge in [-0.3, -0.25) is 0 Å². The number of nitrogens with zero attached hydrogens (tertiary/aromatic N) is 1. The largest absolute Gasteiger partial charge is 0.367 e. The molecule has 0 bridgehead atoms. The minimum absolute atomic E-state index is 0.436. The van der Waals surface area contributed by atoms with Crippen LogP contribution in [0.1, 0.15) is 13.8 Å². The first kappa shape index (κ1) is 8.51. The van der Waals surface area contributed by atoms with Crippen molar-refractivity contribution in [2.24, 2.45) is 0 Å². The predicted molar refractivity (Wildman–Crippen MR) is 58.4 cm³/mol. The Morgan fingerprint density at radius 2 is 2.08 bits per heavy atom. The van der Waals surface area contributed by atoms with Crippen LogP contribution in [-0.2, 0) is 0 Å². The molecule has 0 aliphatic carbocycles. The predicted octanol–water partition coefficient (Wildman–Crippen LogP) is 3.12. The van der Waals surface area contributed by atoms with Crippen molar-refractivity contribution in [3.05, 3.63) is 24.3 Å². The van der Waals surface area contributed by atoms with Gasteiger partial charge in [-0.05, 0) is 37.5 Å². The molecule has 2 rings (SSSR count). The van der Waals surface area contributed by atoms with Crippen molar-refractivity contribution in [2.75, 3.05) is 5.32 Å². The molecule has 1 heterocycles. The maximum atomic E-state index is 4.37. The summed E-state index contributed by atoms with van der Waals surface area (Å²) in [5.41, 5.74) is 0. The number of anilines is 1. The van der Waals surface area contributed by atoms with Gasteiger partial charge in [-0.1, -0.05) is 12.1 Å². The number of hydrogen-bond donors (Lipinski definition) is 1. The lowest BCUT2D eigenvalue weighted by molar-refractivity contribution is 0.896. The number of aromatic nitrogens is 1. The van der Waals surface area contributed by atoms with Crippen LogP contribution in [0, 0.1) is 0 Å². The Morgan fingerprint density at radius 1 is 1.31 bits per heavy atom. The van der Waals surface area contributed by atoms with Gasteiger partial charge in [-0.15, -0.1) is 0 Å². The summed E-state index contributed by atoms with van der Waals surface area (Å²) in [6.07, 6.45) is 0. The molecular weight excluding hydrogens is 180 g/mol. The number of hydrogen-bond acceptors (Lipinski definition) is 3. The molecule has 0 aliphatic rings. The summed E-state index contributed by atoms with van der Waals surface area (Å²) in [4.78, 5) is 0. The van der Waals surface area contributed by atoms with E-state index in [1.807, 2.05) is 12.1 Å². The van der Waals surface area contributed by atoms with Gasteiger partial charge in [0.1, 0.15) is 5.82 Å². The second-order valence-electron chi connectivity index (χ2n) is 3.33. The van der Waals surface area contributed by atoms with Crippen LogP contribution < -0.4 is 5.32 Å². The van der Waals surface area contributed by atoms with Gasteiger partial charge in [0.15, 0.2) is 0 Å². The SMILES string of the molecule is CC(C)Nc1nsc2ccccc12. The van der Waals surface area contributed by atoms with Gasteiger partial charge in [0, 0.05) is 11.4 Å². The van der Waals surface area contributed by atoms with E-state index in [-0.39, 0.29) is 0 Å². The maximum absolute atomic E-state index is 4.37. The van der Waals surface area contributed by atoms with Crippen molar-refractivity contribution >= 4 is 27.4 Å². The van der Waals surface area contributed by atoms with E-state index >= 15 is 0 Å². The molecule has 0 atom stereocenters. The third-order valence-corrected chi connectivity index (χ3v) is 2.63. The Labute approximate surface area is 81.8 Å². The summed E-state index contributed by atoms with van der Waals surface area (Å²) in [5, 5.41) is 4.55. The molecule has 13 heavy (non-hydrogen) atoms. The van der Waals surface area contributed by atoms with Crippen LogP contribution in [0.25, 0.3) is 10.1 Å². The van der Waals surface area contributed by atoms with E-state index < -0.39 is 0 Å². The molecule has 0 saturated carbocycles. The van der Waals surface area contributed by atoms with Gasteiger partial charge < -0.3 is 5.32 Å². The second-order valence-corrected chi connectivity index (χ2v) is 4.13. The highest BCUT2D eigenvalue weighted by atomic mass is 32.1. The Kier molecular flexibility index (Phi) is 2.19. The number of benzene rings is 1. The van der Waals surface area contributed by atoms with E-state index in [0.717, 1.165) is 5.82 Å². The van der Waals surface area contributed by atoms with Crippen molar-refractivity contribution in [1.82, 2.24) is 4.37 Å². The number of rotatable bonds is 2. The van der Waals surface area contributed by atoms with Crippen molar-refractivity contribution in [3.63, 3.8) is 0 Å². The van der Waals surface area contributed by atoms with Gasteiger partial charge in [-0.2, -0.15) is 4.37 Å². The molecule has 3 heteroatoms. The Balaban J connectivity index is 2.46. The smallest absolute Gasteiger partial charge is 0.147 e. The number of nitrogens with one attached hydrogen (secondary N) is 1. The topological polar surface area (TPSA) is 24.9 Å². The monoisotopic (exact) mass is 192 g/mol. The first-order valence-electron chi connectivity index (χ1n) is 4.38. The van der Waals surface area contributed by atoms with Gasteiger partial charge >= 0.3 is 0 Å². The normalized spacial score (nSPS) is 11.0. The standard InChI is InChI=1S/C10H12N2S/c1-7(2)11-10-8-5-3-4-6-9(8)13-12-10/h3-7H,1-2H3,(H,11,12). The summed E-state index contributed by atoms with van der Waals surface area (Å²) >= 11 is 1.54. The average Bonchev–Trinajstić information content (AvgIpc) is 2.48. The second kappa shape index (κ2) is 3.34. The molecule has 0 amide bonds. The van der Waals surface area contributed by atoms with Gasteiger partial charge in [-0.25, -0.2) is 0 Å². The third kappa shape index (κ3) is 1.65. The molecule has 1 aromatic carbocycles. The number of fused-ring (bicyclic) bond motifs is 1. The van der Waals surface area contributed by atoms with Crippen LogP contribution in [0.15, 0.2) is 24.3 Å². The zero-order chi connectivity index (χ0) is 9.26.